The fourth-order valence-corrected chi connectivity index (χ4v) is 4.00. The van der Waals surface area contributed by atoms with E-state index in [0.29, 0.717) is 54.0 Å². The molecular formula is C24H23N3O6. The number of benzene rings is 3. The Morgan fingerprint density at radius 2 is 1.79 bits per heavy atom. The van der Waals surface area contributed by atoms with Crippen molar-refractivity contribution in [2.75, 3.05) is 37.1 Å². The minimum atomic E-state index is -0.609. The molecule has 9 heteroatoms. The number of ether oxygens (including phenoxy) is 2. The highest BCUT2D eigenvalue weighted by Crippen LogP contribution is 2.41. The molecule has 0 aliphatic carbocycles. The number of carbonyl (C=O) groups excluding carboxylic acids is 2. The van der Waals surface area contributed by atoms with Gasteiger partial charge in [-0.3, -0.25) is 19.7 Å². The number of rotatable bonds is 9. The van der Waals surface area contributed by atoms with E-state index in [1.807, 2.05) is 6.92 Å². The normalized spacial score (nSPS) is 12.8. The van der Waals surface area contributed by atoms with E-state index >= 15 is 0 Å². The maximum atomic E-state index is 13.4. The maximum Gasteiger partial charge on any atom is 0.293 e. The summed E-state index contributed by atoms with van der Waals surface area (Å²) in [5.41, 5.74) is 0.850. The van der Waals surface area contributed by atoms with Crippen molar-refractivity contribution in [3.05, 3.63) is 69.8 Å². The molecular weight excluding hydrogens is 426 g/mol. The molecule has 1 N–H and O–H groups in total. The number of nitro groups is 1. The lowest BCUT2D eigenvalue weighted by Gasteiger charge is -2.28. The van der Waals surface area contributed by atoms with Crippen LogP contribution in [0.4, 0.5) is 17.1 Å². The van der Waals surface area contributed by atoms with Gasteiger partial charge in [0, 0.05) is 42.7 Å². The molecule has 1 heterocycles. The van der Waals surface area contributed by atoms with Gasteiger partial charge in [-0.15, -0.1) is 0 Å². The average Bonchev–Trinajstić information content (AvgIpc) is 2.81. The molecule has 0 atom stereocenters. The van der Waals surface area contributed by atoms with Gasteiger partial charge < -0.3 is 14.8 Å². The molecule has 0 fully saturated rings. The second kappa shape index (κ2) is 9.25. The molecule has 0 unspecified atom stereocenters. The first-order valence-electron chi connectivity index (χ1n) is 10.6. The summed E-state index contributed by atoms with van der Waals surface area (Å²) in [6, 6.07) is 12.8. The predicted octanol–water partition coefficient (Wildman–Crippen LogP) is 4.40. The molecule has 2 amide bonds. The number of carbonyl (C=O) groups is 2. The molecule has 0 radical (unpaired) electrons. The maximum absolute atomic E-state index is 13.4. The second-order valence-electron chi connectivity index (χ2n) is 7.45. The number of methoxy groups -OCH3 is 1. The number of hydrogen-bond donors (Lipinski definition) is 1. The summed E-state index contributed by atoms with van der Waals surface area (Å²) < 4.78 is 10.5. The van der Waals surface area contributed by atoms with Crippen molar-refractivity contribution in [3.63, 3.8) is 0 Å². The number of hydrogen-bond acceptors (Lipinski definition) is 7. The predicted molar refractivity (Wildman–Crippen MR) is 124 cm³/mol. The molecule has 4 rings (SSSR count). The van der Waals surface area contributed by atoms with Gasteiger partial charge >= 0.3 is 0 Å². The molecule has 9 nitrogen and oxygen atoms in total. The van der Waals surface area contributed by atoms with Crippen LogP contribution >= 0.6 is 0 Å². The Hall–Kier alpha value is -3.98. The van der Waals surface area contributed by atoms with Gasteiger partial charge in [0.05, 0.1) is 22.8 Å². The van der Waals surface area contributed by atoms with Crippen LogP contribution in [-0.4, -0.2) is 43.6 Å². The number of anilines is 2. The van der Waals surface area contributed by atoms with E-state index < -0.39 is 16.7 Å². The molecule has 33 heavy (non-hydrogen) atoms. The lowest BCUT2D eigenvalue weighted by molar-refractivity contribution is -0.383. The summed E-state index contributed by atoms with van der Waals surface area (Å²) in [7, 11) is 1.58. The summed E-state index contributed by atoms with van der Waals surface area (Å²) >= 11 is 0. The largest absolute Gasteiger partial charge is 0.494 e. The number of nitrogens with zero attached hydrogens (tertiary/aromatic N) is 2. The topological polar surface area (TPSA) is 111 Å². The quantitative estimate of drug-likeness (QED) is 0.223. The Kier molecular flexibility index (Phi) is 6.23. The van der Waals surface area contributed by atoms with Crippen LogP contribution in [0.2, 0.25) is 0 Å². The van der Waals surface area contributed by atoms with Gasteiger partial charge in [0.1, 0.15) is 11.4 Å². The molecule has 0 bridgehead atoms. The zero-order valence-electron chi connectivity index (χ0n) is 18.3. The highest BCUT2D eigenvalue weighted by molar-refractivity contribution is 6.37. The summed E-state index contributed by atoms with van der Waals surface area (Å²) in [5, 5.41) is 15.8. The lowest BCUT2D eigenvalue weighted by atomic mass is 9.91. The highest BCUT2D eigenvalue weighted by Gasteiger charge is 2.37. The Balaban J connectivity index is 1.83. The summed E-state index contributed by atoms with van der Waals surface area (Å²) in [6.07, 6.45) is 0.639. The van der Waals surface area contributed by atoms with E-state index in [-0.39, 0.29) is 16.9 Å². The minimum Gasteiger partial charge on any atom is -0.494 e. The molecule has 0 aromatic heterocycles. The zero-order valence-corrected chi connectivity index (χ0v) is 18.3. The Bertz CT molecular complexity index is 1240. The molecule has 3 aromatic rings. The van der Waals surface area contributed by atoms with E-state index in [9.17, 15) is 19.7 Å². The van der Waals surface area contributed by atoms with Crippen LogP contribution in [0.1, 0.15) is 34.1 Å². The van der Waals surface area contributed by atoms with Gasteiger partial charge in [0.25, 0.3) is 17.5 Å². The highest BCUT2D eigenvalue weighted by atomic mass is 16.6. The third kappa shape index (κ3) is 3.98. The Labute approximate surface area is 190 Å². The minimum absolute atomic E-state index is 0.114. The summed E-state index contributed by atoms with van der Waals surface area (Å²) in [5.74, 6) is -0.483. The molecule has 0 spiro atoms. The molecule has 1 aliphatic heterocycles. The first-order valence-corrected chi connectivity index (χ1v) is 10.6. The Morgan fingerprint density at radius 3 is 2.45 bits per heavy atom. The fourth-order valence-electron chi connectivity index (χ4n) is 4.00. The van der Waals surface area contributed by atoms with E-state index in [2.05, 4.69) is 5.32 Å². The van der Waals surface area contributed by atoms with Gasteiger partial charge in [-0.25, -0.2) is 4.90 Å². The van der Waals surface area contributed by atoms with Crippen LogP contribution in [0, 0.1) is 10.1 Å². The van der Waals surface area contributed by atoms with Gasteiger partial charge in [-0.05, 0) is 43.7 Å². The van der Waals surface area contributed by atoms with Crippen LogP contribution in [0.3, 0.4) is 0 Å². The first-order chi connectivity index (χ1) is 16.0. The van der Waals surface area contributed by atoms with E-state index in [4.69, 9.17) is 9.47 Å². The average molecular weight is 449 g/mol. The molecule has 0 saturated heterocycles. The van der Waals surface area contributed by atoms with E-state index in [1.54, 1.807) is 49.6 Å². The number of imide groups is 1. The smallest absolute Gasteiger partial charge is 0.293 e. The molecule has 1 aliphatic rings. The Morgan fingerprint density at radius 1 is 1.06 bits per heavy atom. The van der Waals surface area contributed by atoms with Crippen LogP contribution in [0.15, 0.2) is 48.5 Å². The van der Waals surface area contributed by atoms with Crippen molar-refractivity contribution < 1.29 is 24.0 Å². The zero-order chi connectivity index (χ0) is 23.5. The van der Waals surface area contributed by atoms with Gasteiger partial charge in [-0.2, -0.15) is 0 Å². The number of nitro benzene ring substituents is 1. The summed E-state index contributed by atoms with van der Waals surface area (Å²) in [4.78, 5) is 39.2. The van der Waals surface area contributed by atoms with Crippen LogP contribution in [0.25, 0.3) is 10.8 Å². The fraction of sp³-hybridized carbons (Fsp3) is 0.250. The standard InChI is InChI=1S/C24H23N3O6/c1-3-33-16-10-8-15(9-11-16)26-23(28)18-7-4-6-17-21(18)19(24(26)29)14-20(27(30)31)22(17)25-12-5-13-32-2/h4,6-11,14,25H,3,5,12-13H2,1-2H3. The van der Waals surface area contributed by atoms with Crippen LogP contribution in [-0.2, 0) is 4.74 Å². The number of amides is 2. The third-order valence-corrected chi connectivity index (χ3v) is 5.44. The molecule has 0 saturated carbocycles. The van der Waals surface area contributed by atoms with Crippen molar-refractivity contribution in [1.82, 2.24) is 0 Å². The van der Waals surface area contributed by atoms with E-state index in [1.165, 1.54) is 6.07 Å². The van der Waals surface area contributed by atoms with Crippen molar-refractivity contribution in [1.29, 1.82) is 0 Å². The second-order valence-corrected chi connectivity index (χ2v) is 7.45. The molecule has 3 aromatic carbocycles. The van der Waals surface area contributed by atoms with Crippen LogP contribution < -0.4 is 15.0 Å². The van der Waals surface area contributed by atoms with Crippen LogP contribution in [0.5, 0.6) is 5.75 Å². The van der Waals surface area contributed by atoms with E-state index in [0.717, 1.165) is 4.90 Å². The monoisotopic (exact) mass is 449 g/mol. The van der Waals surface area contributed by atoms with Gasteiger partial charge in [-0.1, -0.05) is 12.1 Å². The lowest BCUT2D eigenvalue weighted by Crippen LogP contribution is -2.40. The van der Waals surface area contributed by atoms with Crippen molar-refractivity contribution >= 4 is 39.6 Å². The third-order valence-electron chi connectivity index (χ3n) is 5.44. The summed E-state index contributed by atoms with van der Waals surface area (Å²) in [6.45, 7) is 3.28. The van der Waals surface area contributed by atoms with Gasteiger partial charge in [0.15, 0.2) is 0 Å². The first kappa shape index (κ1) is 22.2. The molecule has 170 valence electrons. The number of nitrogens with one attached hydrogen (secondary N) is 1. The van der Waals surface area contributed by atoms with Crippen molar-refractivity contribution in [3.8, 4) is 5.75 Å². The SMILES string of the molecule is CCOc1ccc(N2C(=O)c3cccc4c(NCCCOC)c([N+](=O)[O-])cc(c34)C2=O)cc1. The van der Waals surface area contributed by atoms with Crippen molar-refractivity contribution in [2.24, 2.45) is 0 Å². The van der Waals surface area contributed by atoms with Crippen molar-refractivity contribution in [2.45, 2.75) is 13.3 Å². The van der Waals surface area contributed by atoms with Gasteiger partial charge in [0.2, 0.25) is 0 Å².